The van der Waals surface area contributed by atoms with Crippen LogP contribution < -0.4 is 11.1 Å². The lowest BCUT2D eigenvalue weighted by Gasteiger charge is -2.15. The summed E-state index contributed by atoms with van der Waals surface area (Å²) < 4.78 is 5.30. The number of carbonyl (C=O) groups excluding carboxylic acids is 1. The Labute approximate surface area is 66.1 Å². The molecule has 1 aliphatic heterocycles. The van der Waals surface area contributed by atoms with Crippen molar-refractivity contribution >= 4 is 5.91 Å². The van der Waals surface area contributed by atoms with Gasteiger partial charge in [0.05, 0.1) is 12.8 Å². The summed E-state index contributed by atoms with van der Waals surface area (Å²) in [6.45, 7) is 3.39. The zero-order chi connectivity index (χ0) is 8.27. The van der Waals surface area contributed by atoms with Crippen molar-refractivity contribution in [2.45, 2.75) is 19.4 Å². The van der Waals surface area contributed by atoms with E-state index in [4.69, 9.17) is 10.5 Å². The SMILES string of the molecule is CC(CC(N)=O)C1CNCO1. The molecule has 2 unspecified atom stereocenters. The Hall–Kier alpha value is -0.610. The van der Waals surface area contributed by atoms with Gasteiger partial charge in [-0.1, -0.05) is 6.92 Å². The van der Waals surface area contributed by atoms with Crippen LogP contribution in [0.2, 0.25) is 0 Å². The number of primary amides is 1. The Morgan fingerprint density at radius 1 is 1.91 bits per heavy atom. The van der Waals surface area contributed by atoms with Gasteiger partial charge in [0.2, 0.25) is 5.91 Å². The molecule has 1 saturated heterocycles. The summed E-state index contributed by atoms with van der Waals surface area (Å²) in [6, 6.07) is 0. The molecule has 1 aliphatic rings. The van der Waals surface area contributed by atoms with Crippen LogP contribution in [0, 0.1) is 5.92 Å². The van der Waals surface area contributed by atoms with Gasteiger partial charge in [0.25, 0.3) is 0 Å². The van der Waals surface area contributed by atoms with Gasteiger partial charge in [0.1, 0.15) is 0 Å². The van der Waals surface area contributed by atoms with E-state index in [9.17, 15) is 4.79 Å². The van der Waals surface area contributed by atoms with E-state index in [1.807, 2.05) is 6.92 Å². The van der Waals surface area contributed by atoms with Crippen LogP contribution in [0.3, 0.4) is 0 Å². The Balaban J connectivity index is 2.28. The van der Waals surface area contributed by atoms with Gasteiger partial charge < -0.3 is 10.5 Å². The van der Waals surface area contributed by atoms with Gasteiger partial charge in [-0.25, -0.2) is 0 Å². The molecule has 0 aromatic rings. The molecule has 64 valence electrons. The predicted octanol–water partition coefficient (Wildman–Crippen LogP) is -0.556. The Bertz CT molecular complexity index is 143. The van der Waals surface area contributed by atoms with Crippen LogP contribution in [-0.2, 0) is 9.53 Å². The molecular formula is C7H14N2O2. The first-order valence-corrected chi connectivity index (χ1v) is 3.81. The molecule has 0 radical (unpaired) electrons. The van der Waals surface area contributed by atoms with E-state index in [-0.39, 0.29) is 17.9 Å². The van der Waals surface area contributed by atoms with Gasteiger partial charge in [0.15, 0.2) is 0 Å². The van der Waals surface area contributed by atoms with Crippen molar-refractivity contribution in [3.8, 4) is 0 Å². The minimum Gasteiger partial charge on any atom is -0.370 e. The second kappa shape index (κ2) is 3.69. The number of amides is 1. The van der Waals surface area contributed by atoms with Crippen molar-refractivity contribution in [2.24, 2.45) is 11.7 Å². The summed E-state index contributed by atoms with van der Waals surface area (Å²) in [5, 5.41) is 3.05. The number of rotatable bonds is 3. The Morgan fingerprint density at radius 3 is 3.09 bits per heavy atom. The lowest BCUT2D eigenvalue weighted by atomic mass is 10.0. The lowest BCUT2D eigenvalue weighted by Crippen LogP contribution is -2.26. The smallest absolute Gasteiger partial charge is 0.217 e. The highest BCUT2D eigenvalue weighted by Crippen LogP contribution is 2.13. The van der Waals surface area contributed by atoms with Crippen LogP contribution in [0.5, 0.6) is 0 Å². The maximum Gasteiger partial charge on any atom is 0.217 e. The van der Waals surface area contributed by atoms with Gasteiger partial charge >= 0.3 is 0 Å². The number of ether oxygens (including phenoxy) is 1. The van der Waals surface area contributed by atoms with Crippen LogP contribution >= 0.6 is 0 Å². The van der Waals surface area contributed by atoms with Crippen LogP contribution in [0.25, 0.3) is 0 Å². The summed E-state index contributed by atoms with van der Waals surface area (Å²) in [5.41, 5.74) is 5.05. The van der Waals surface area contributed by atoms with E-state index in [2.05, 4.69) is 5.32 Å². The summed E-state index contributed by atoms with van der Waals surface area (Å²) in [7, 11) is 0. The molecule has 4 nitrogen and oxygen atoms in total. The minimum absolute atomic E-state index is 0.155. The molecule has 1 rings (SSSR count). The summed E-state index contributed by atoms with van der Waals surface area (Å²) in [5.74, 6) is -0.0319. The van der Waals surface area contributed by atoms with Crippen LogP contribution in [0.1, 0.15) is 13.3 Å². The van der Waals surface area contributed by atoms with Crippen molar-refractivity contribution in [1.82, 2.24) is 5.32 Å². The normalized spacial score (nSPS) is 26.8. The third-order valence-electron chi connectivity index (χ3n) is 1.90. The molecule has 0 saturated carbocycles. The summed E-state index contributed by atoms with van der Waals surface area (Å²) in [6.07, 6.45) is 0.564. The highest BCUT2D eigenvalue weighted by atomic mass is 16.5. The second-order valence-corrected chi connectivity index (χ2v) is 2.95. The molecule has 1 heterocycles. The quantitative estimate of drug-likeness (QED) is 0.579. The molecule has 0 aromatic heterocycles. The molecule has 0 bridgehead atoms. The van der Waals surface area contributed by atoms with Crippen molar-refractivity contribution in [3.63, 3.8) is 0 Å². The number of hydrogen-bond donors (Lipinski definition) is 2. The fraction of sp³-hybridized carbons (Fsp3) is 0.857. The van der Waals surface area contributed by atoms with Crippen molar-refractivity contribution in [2.75, 3.05) is 13.3 Å². The van der Waals surface area contributed by atoms with E-state index in [0.29, 0.717) is 13.2 Å². The first kappa shape index (κ1) is 8.49. The number of carbonyl (C=O) groups is 1. The van der Waals surface area contributed by atoms with Gasteiger partial charge in [-0.2, -0.15) is 0 Å². The lowest BCUT2D eigenvalue weighted by molar-refractivity contribution is -0.119. The van der Waals surface area contributed by atoms with Gasteiger partial charge in [-0.15, -0.1) is 0 Å². The van der Waals surface area contributed by atoms with Crippen molar-refractivity contribution in [1.29, 1.82) is 0 Å². The topological polar surface area (TPSA) is 64.4 Å². The molecule has 3 N–H and O–H groups in total. The molecule has 4 heteroatoms. The molecule has 0 spiro atoms. The molecular weight excluding hydrogens is 144 g/mol. The Morgan fingerprint density at radius 2 is 2.64 bits per heavy atom. The average molecular weight is 158 g/mol. The van der Waals surface area contributed by atoms with E-state index >= 15 is 0 Å². The number of nitrogens with one attached hydrogen (secondary N) is 1. The van der Waals surface area contributed by atoms with E-state index in [1.54, 1.807) is 0 Å². The number of nitrogens with two attached hydrogens (primary N) is 1. The first-order valence-electron chi connectivity index (χ1n) is 3.81. The standard InChI is InChI=1S/C7H14N2O2/c1-5(2-7(8)10)6-3-9-4-11-6/h5-6,9H,2-4H2,1H3,(H2,8,10). The molecule has 11 heavy (non-hydrogen) atoms. The zero-order valence-corrected chi connectivity index (χ0v) is 6.67. The average Bonchev–Trinajstić information content (AvgIpc) is 2.35. The highest BCUT2D eigenvalue weighted by molar-refractivity contribution is 5.74. The maximum atomic E-state index is 10.5. The van der Waals surface area contributed by atoms with Crippen LogP contribution in [-0.4, -0.2) is 25.3 Å². The second-order valence-electron chi connectivity index (χ2n) is 2.95. The molecule has 1 fully saturated rings. The Kier molecular flexibility index (Phi) is 2.84. The van der Waals surface area contributed by atoms with E-state index < -0.39 is 0 Å². The molecule has 0 aromatic carbocycles. The zero-order valence-electron chi connectivity index (χ0n) is 6.67. The third-order valence-corrected chi connectivity index (χ3v) is 1.90. The molecule has 0 aliphatic carbocycles. The van der Waals surface area contributed by atoms with Gasteiger partial charge in [-0.3, -0.25) is 10.1 Å². The summed E-state index contributed by atoms with van der Waals surface area (Å²) >= 11 is 0. The van der Waals surface area contributed by atoms with Crippen molar-refractivity contribution < 1.29 is 9.53 Å². The monoisotopic (exact) mass is 158 g/mol. The predicted molar refractivity (Wildman–Crippen MR) is 40.7 cm³/mol. The van der Waals surface area contributed by atoms with Gasteiger partial charge in [-0.05, 0) is 5.92 Å². The molecule has 2 atom stereocenters. The van der Waals surface area contributed by atoms with Gasteiger partial charge in [0, 0.05) is 13.0 Å². The third kappa shape index (κ3) is 2.48. The minimum atomic E-state index is -0.256. The number of hydrogen-bond acceptors (Lipinski definition) is 3. The fourth-order valence-electron chi connectivity index (χ4n) is 1.24. The highest BCUT2D eigenvalue weighted by Gasteiger charge is 2.22. The van der Waals surface area contributed by atoms with Crippen LogP contribution in [0.15, 0.2) is 0 Å². The van der Waals surface area contributed by atoms with E-state index in [0.717, 1.165) is 6.54 Å². The largest absolute Gasteiger partial charge is 0.370 e. The summed E-state index contributed by atoms with van der Waals surface area (Å²) in [4.78, 5) is 10.5. The van der Waals surface area contributed by atoms with E-state index in [1.165, 1.54) is 0 Å². The fourth-order valence-corrected chi connectivity index (χ4v) is 1.24. The maximum absolute atomic E-state index is 10.5. The van der Waals surface area contributed by atoms with Crippen molar-refractivity contribution in [3.05, 3.63) is 0 Å². The molecule has 1 amide bonds. The first-order chi connectivity index (χ1) is 5.20. The van der Waals surface area contributed by atoms with Crippen LogP contribution in [0.4, 0.5) is 0 Å².